The molecule has 2 amide bonds. The van der Waals surface area contributed by atoms with Crippen LogP contribution in [0.15, 0.2) is 30.5 Å². The van der Waals surface area contributed by atoms with Gasteiger partial charge in [0.05, 0.1) is 11.6 Å². The Morgan fingerprint density at radius 2 is 2.00 bits per heavy atom. The number of hydrogen-bond donors (Lipinski definition) is 1. The largest absolute Gasteiger partial charge is 0.350 e. The van der Waals surface area contributed by atoms with E-state index in [1.165, 1.54) is 0 Å². The van der Waals surface area contributed by atoms with Crippen molar-refractivity contribution in [2.45, 2.75) is 32.7 Å². The van der Waals surface area contributed by atoms with E-state index in [2.05, 4.69) is 10.4 Å². The lowest BCUT2D eigenvalue weighted by Crippen LogP contribution is -2.42. The van der Waals surface area contributed by atoms with Crippen molar-refractivity contribution >= 4 is 17.5 Å². The fourth-order valence-corrected chi connectivity index (χ4v) is 3.07. The molecule has 0 aliphatic carbocycles. The Hall–Kier alpha value is -2.63. The van der Waals surface area contributed by atoms with Crippen LogP contribution >= 0.6 is 0 Å². The van der Waals surface area contributed by atoms with Crippen LogP contribution < -0.4 is 10.2 Å². The summed E-state index contributed by atoms with van der Waals surface area (Å²) in [6, 6.07) is 7.64. The summed E-state index contributed by atoms with van der Waals surface area (Å²) in [7, 11) is 1.86. The summed E-state index contributed by atoms with van der Waals surface area (Å²) in [6.07, 6.45) is 1.75. The first-order valence-corrected chi connectivity index (χ1v) is 7.98. The normalized spacial score (nSPS) is 15.5. The zero-order valence-electron chi connectivity index (χ0n) is 14.5. The minimum absolute atomic E-state index is 0.0264. The fraction of sp³-hybridized carbons (Fsp3) is 0.389. The predicted octanol–water partition coefficient (Wildman–Crippen LogP) is 1.67. The van der Waals surface area contributed by atoms with Crippen molar-refractivity contribution < 1.29 is 9.59 Å². The van der Waals surface area contributed by atoms with Crippen molar-refractivity contribution in [3.63, 3.8) is 0 Å². The molecule has 0 spiro atoms. The number of aryl methyl sites for hydroxylation is 1. The van der Waals surface area contributed by atoms with E-state index in [4.69, 9.17) is 0 Å². The Morgan fingerprint density at radius 1 is 1.29 bits per heavy atom. The molecule has 1 aromatic heterocycles. The van der Waals surface area contributed by atoms with Crippen molar-refractivity contribution in [2.24, 2.45) is 7.05 Å². The fourth-order valence-electron chi connectivity index (χ4n) is 3.07. The molecule has 1 aromatic carbocycles. The van der Waals surface area contributed by atoms with E-state index in [1.54, 1.807) is 15.8 Å². The molecular weight excluding hydrogens is 304 g/mol. The number of hydrogen-bond acceptors (Lipinski definition) is 3. The highest BCUT2D eigenvalue weighted by Crippen LogP contribution is 2.40. The molecular formula is C18H22N4O2. The van der Waals surface area contributed by atoms with Gasteiger partial charge < -0.3 is 10.2 Å². The molecule has 2 aromatic rings. The van der Waals surface area contributed by atoms with Crippen LogP contribution in [-0.2, 0) is 28.6 Å². The average molecular weight is 326 g/mol. The maximum atomic E-state index is 12.7. The summed E-state index contributed by atoms with van der Waals surface area (Å²) in [4.78, 5) is 26.6. The van der Waals surface area contributed by atoms with E-state index < -0.39 is 5.41 Å². The number of amides is 2. The van der Waals surface area contributed by atoms with Gasteiger partial charge in [0.1, 0.15) is 6.54 Å². The van der Waals surface area contributed by atoms with Crippen molar-refractivity contribution in [2.75, 3.05) is 11.4 Å². The number of nitrogens with one attached hydrogen (secondary N) is 1. The first-order chi connectivity index (χ1) is 11.3. The van der Waals surface area contributed by atoms with Crippen LogP contribution in [0.25, 0.3) is 0 Å². The number of anilines is 1. The molecule has 6 nitrogen and oxygen atoms in total. The van der Waals surface area contributed by atoms with E-state index in [-0.39, 0.29) is 18.4 Å². The van der Waals surface area contributed by atoms with E-state index in [1.807, 2.05) is 52.1 Å². The maximum Gasteiger partial charge on any atom is 0.240 e. The molecule has 1 aliphatic heterocycles. The third kappa shape index (κ3) is 2.58. The first kappa shape index (κ1) is 16.2. The van der Waals surface area contributed by atoms with E-state index >= 15 is 0 Å². The number of carbonyl (C=O) groups excluding carboxylic acids is 2. The van der Waals surface area contributed by atoms with Gasteiger partial charge in [-0.25, -0.2) is 0 Å². The van der Waals surface area contributed by atoms with E-state index in [0.29, 0.717) is 6.54 Å². The van der Waals surface area contributed by atoms with Gasteiger partial charge in [-0.1, -0.05) is 18.2 Å². The van der Waals surface area contributed by atoms with Gasteiger partial charge in [-0.15, -0.1) is 0 Å². The van der Waals surface area contributed by atoms with Gasteiger partial charge >= 0.3 is 0 Å². The van der Waals surface area contributed by atoms with Gasteiger partial charge in [0, 0.05) is 30.5 Å². The highest BCUT2D eigenvalue weighted by molar-refractivity contribution is 6.10. The molecule has 6 heteroatoms. The minimum atomic E-state index is -0.600. The number of carbonyl (C=O) groups is 2. The van der Waals surface area contributed by atoms with Gasteiger partial charge in [0.25, 0.3) is 0 Å². The van der Waals surface area contributed by atoms with Crippen LogP contribution in [0.4, 0.5) is 5.69 Å². The van der Waals surface area contributed by atoms with Crippen LogP contribution in [0.5, 0.6) is 0 Å². The highest BCUT2D eigenvalue weighted by atomic mass is 16.2. The Balaban J connectivity index is 1.71. The summed E-state index contributed by atoms with van der Waals surface area (Å²) in [5.41, 5.74) is 3.17. The molecule has 0 fully saturated rings. The lowest BCUT2D eigenvalue weighted by molar-refractivity contribution is -0.125. The van der Waals surface area contributed by atoms with Crippen molar-refractivity contribution in [3.05, 3.63) is 47.3 Å². The number of rotatable bonds is 4. The lowest BCUT2D eigenvalue weighted by Gasteiger charge is -2.20. The third-order valence-corrected chi connectivity index (χ3v) is 4.76. The highest BCUT2D eigenvalue weighted by Gasteiger charge is 2.44. The second-order valence-electron chi connectivity index (χ2n) is 6.69. The number of fused-ring (bicyclic) bond motifs is 1. The number of nitrogens with zero attached hydrogens (tertiary/aromatic N) is 3. The van der Waals surface area contributed by atoms with Gasteiger partial charge in [-0.05, 0) is 32.4 Å². The monoisotopic (exact) mass is 326 g/mol. The number of para-hydroxylation sites is 1. The predicted molar refractivity (Wildman–Crippen MR) is 91.6 cm³/mol. The van der Waals surface area contributed by atoms with Crippen molar-refractivity contribution in [3.8, 4) is 0 Å². The van der Waals surface area contributed by atoms with E-state index in [9.17, 15) is 9.59 Å². The second-order valence-corrected chi connectivity index (χ2v) is 6.69. The summed E-state index contributed by atoms with van der Waals surface area (Å²) in [6.45, 7) is 6.18. The number of benzene rings is 1. The molecule has 0 atom stereocenters. The van der Waals surface area contributed by atoms with Crippen LogP contribution in [0.3, 0.4) is 0 Å². The number of aromatic nitrogens is 2. The summed E-state index contributed by atoms with van der Waals surface area (Å²) >= 11 is 0. The van der Waals surface area contributed by atoms with E-state index in [0.717, 1.165) is 22.5 Å². The summed E-state index contributed by atoms with van der Waals surface area (Å²) < 4.78 is 1.77. The smallest absolute Gasteiger partial charge is 0.240 e. The Bertz CT molecular complexity index is 807. The minimum Gasteiger partial charge on any atom is -0.350 e. The standard InChI is InChI=1S/C18H22N4O2/c1-12-13(10-20-21(12)4)9-19-16(23)11-22-15-8-6-5-7-14(15)18(2,3)17(22)24/h5-8,10H,9,11H2,1-4H3,(H,19,23). The first-order valence-electron chi connectivity index (χ1n) is 7.98. The molecule has 0 radical (unpaired) electrons. The SMILES string of the molecule is Cc1c(CNC(=O)CN2C(=O)C(C)(C)c3ccccc32)cnn1C. The van der Waals surface area contributed by atoms with Gasteiger partial charge in [-0.3, -0.25) is 14.3 Å². The van der Waals surface area contributed by atoms with Gasteiger partial charge in [-0.2, -0.15) is 5.10 Å². The second kappa shape index (κ2) is 5.78. The summed E-state index contributed by atoms with van der Waals surface area (Å²) in [5.74, 6) is -0.226. The van der Waals surface area contributed by atoms with Crippen LogP contribution in [-0.4, -0.2) is 28.1 Å². The Morgan fingerprint density at radius 3 is 2.67 bits per heavy atom. The molecule has 126 valence electrons. The Kier molecular flexibility index (Phi) is 3.91. The molecule has 3 rings (SSSR count). The summed E-state index contributed by atoms with van der Waals surface area (Å²) in [5, 5.41) is 7.03. The zero-order valence-corrected chi connectivity index (χ0v) is 14.5. The molecule has 24 heavy (non-hydrogen) atoms. The quantitative estimate of drug-likeness (QED) is 0.929. The topological polar surface area (TPSA) is 67.2 Å². The maximum absolute atomic E-state index is 12.7. The third-order valence-electron chi connectivity index (χ3n) is 4.76. The van der Waals surface area contributed by atoms with Crippen LogP contribution in [0.2, 0.25) is 0 Å². The lowest BCUT2D eigenvalue weighted by atomic mass is 9.86. The van der Waals surface area contributed by atoms with Crippen molar-refractivity contribution in [1.82, 2.24) is 15.1 Å². The average Bonchev–Trinajstić information content (AvgIpc) is 2.97. The van der Waals surface area contributed by atoms with Gasteiger partial charge in [0.15, 0.2) is 0 Å². The molecule has 1 N–H and O–H groups in total. The zero-order chi connectivity index (χ0) is 17.5. The molecule has 1 aliphatic rings. The molecule has 0 saturated carbocycles. The van der Waals surface area contributed by atoms with Crippen LogP contribution in [0, 0.1) is 6.92 Å². The van der Waals surface area contributed by atoms with Crippen LogP contribution in [0.1, 0.15) is 30.7 Å². The molecule has 2 heterocycles. The molecule has 0 unspecified atom stereocenters. The molecule has 0 bridgehead atoms. The Labute approximate surface area is 141 Å². The van der Waals surface area contributed by atoms with Gasteiger partial charge in [0.2, 0.25) is 11.8 Å². The van der Waals surface area contributed by atoms with Crippen molar-refractivity contribution in [1.29, 1.82) is 0 Å². The molecule has 0 saturated heterocycles.